The number of thiophene rings is 1. The van der Waals surface area contributed by atoms with Crippen molar-refractivity contribution in [2.45, 2.75) is 32.7 Å². The summed E-state index contributed by atoms with van der Waals surface area (Å²) in [5, 5.41) is 10.1. The molecule has 26 heavy (non-hydrogen) atoms. The Morgan fingerprint density at radius 2 is 2.04 bits per heavy atom. The minimum atomic E-state index is 0.0554. The van der Waals surface area contributed by atoms with Gasteiger partial charge in [-0.2, -0.15) is 14.6 Å². The molecule has 0 fully saturated rings. The van der Waals surface area contributed by atoms with Crippen LogP contribution in [0.4, 0.5) is 5.82 Å². The molecule has 132 valence electrons. The molecule has 0 unspecified atom stereocenters. The van der Waals surface area contributed by atoms with Crippen molar-refractivity contribution in [1.82, 2.24) is 19.6 Å². The van der Waals surface area contributed by atoms with Gasteiger partial charge in [0.25, 0.3) is 5.78 Å². The normalized spacial score (nSPS) is 12.4. The Hall–Kier alpha value is -2.73. The predicted octanol–water partition coefficient (Wildman–Crippen LogP) is 4.65. The fourth-order valence-electron chi connectivity index (χ4n) is 3.12. The third-order valence-electron chi connectivity index (χ3n) is 4.35. The van der Waals surface area contributed by atoms with Gasteiger partial charge in [-0.05, 0) is 35.9 Å². The molecule has 0 spiro atoms. The van der Waals surface area contributed by atoms with Crippen molar-refractivity contribution in [2.24, 2.45) is 0 Å². The Morgan fingerprint density at radius 1 is 1.19 bits per heavy atom. The largest absolute Gasteiger partial charge is 0.358 e. The van der Waals surface area contributed by atoms with Crippen LogP contribution in [0.15, 0.2) is 54.2 Å². The van der Waals surface area contributed by atoms with Crippen molar-refractivity contribution in [1.29, 1.82) is 0 Å². The zero-order valence-corrected chi connectivity index (χ0v) is 15.7. The molecular formula is C20H21N5S. The van der Waals surface area contributed by atoms with E-state index >= 15 is 0 Å². The predicted molar refractivity (Wildman–Crippen MR) is 106 cm³/mol. The summed E-state index contributed by atoms with van der Waals surface area (Å²) in [4.78, 5) is 9.90. The van der Waals surface area contributed by atoms with Crippen LogP contribution >= 0.6 is 11.3 Å². The number of nitrogens with zero attached hydrogens (tertiary/aromatic N) is 4. The number of fused-ring (bicyclic) bond motifs is 1. The van der Waals surface area contributed by atoms with Gasteiger partial charge in [0, 0.05) is 16.6 Å². The summed E-state index contributed by atoms with van der Waals surface area (Å²) in [5.74, 6) is 1.50. The minimum Gasteiger partial charge on any atom is -0.358 e. The molecule has 0 aliphatic carbocycles. The number of nitrogens with one attached hydrogen (secondary N) is 1. The summed E-state index contributed by atoms with van der Waals surface area (Å²) in [6.07, 6.45) is 3.81. The quantitative estimate of drug-likeness (QED) is 0.542. The number of aromatic nitrogens is 4. The van der Waals surface area contributed by atoms with Crippen LogP contribution in [0, 0.1) is 6.92 Å². The molecule has 0 amide bonds. The first kappa shape index (κ1) is 16.7. The first-order valence-corrected chi connectivity index (χ1v) is 9.68. The summed E-state index contributed by atoms with van der Waals surface area (Å²) in [6, 6.07) is 15.2. The molecule has 0 bridgehead atoms. The lowest BCUT2D eigenvalue weighted by atomic mass is 10.0. The molecule has 0 saturated heterocycles. The topological polar surface area (TPSA) is 55.1 Å². The van der Waals surface area contributed by atoms with E-state index in [1.165, 1.54) is 22.3 Å². The number of hydrogen-bond acceptors (Lipinski definition) is 5. The molecule has 3 heterocycles. The highest BCUT2D eigenvalue weighted by atomic mass is 32.1. The van der Waals surface area contributed by atoms with Crippen LogP contribution < -0.4 is 5.32 Å². The average molecular weight is 363 g/mol. The Bertz CT molecular complexity index is 989. The zero-order valence-electron chi connectivity index (χ0n) is 14.9. The van der Waals surface area contributed by atoms with Gasteiger partial charge in [0.15, 0.2) is 0 Å². The Balaban J connectivity index is 1.73. The van der Waals surface area contributed by atoms with Gasteiger partial charge >= 0.3 is 0 Å². The third-order valence-corrected chi connectivity index (χ3v) is 5.29. The standard InChI is InChI=1S/C20H21N5S/c1-3-5-15-7-9-16(10-8-15)19(17-6-4-11-26-17)24-18-12-14(2)23-20-21-13-22-25(18)20/h4,6-13,19,24H,3,5H2,1-2H3/t19-/m1/s1. The molecule has 0 radical (unpaired) electrons. The van der Waals surface area contributed by atoms with Crippen molar-refractivity contribution in [3.05, 3.63) is 75.9 Å². The first-order chi connectivity index (χ1) is 12.7. The minimum absolute atomic E-state index is 0.0554. The second-order valence-corrected chi connectivity index (χ2v) is 7.32. The molecule has 0 saturated carbocycles. The molecule has 0 aliphatic heterocycles. The van der Waals surface area contributed by atoms with E-state index in [1.54, 1.807) is 15.9 Å². The van der Waals surface area contributed by atoms with E-state index in [1.807, 2.05) is 13.0 Å². The molecule has 5 nitrogen and oxygen atoms in total. The summed E-state index contributed by atoms with van der Waals surface area (Å²) in [5.41, 5.74) is 3.52. The van der Waals surface area contributed by atoms with E-state index in [9.17, 15) is 0 Å². The number of anilines is 1. The second-order valence-electron chi connectivity index (χ2n) is 6.34. The fraction of sp³-hybridized carbons (Fsp3) is 0.250. The summed E-state index contributed by atoms with van der Waals surface area (Å²) in [7, 11) is 0. The van der Waals surface area contributed by atoms with E-state index in [-0.39, 0.29) is 6.04 Å². The van der Waals surface area contributed by atoms with Gasteiger partial charge in [-0.1, -0.05) is 43.7 Å². The van der Waals surface area contributed by atoms with Gasteiger partial charge in [0.1, 0.15) is 12.1 Å². The smallest absolute Gasteiger partial charge is 0.254 e. The highest BCUT2D eigenvalue weighted by molar-refractivity contribution is 7.10. The van der Waals surface area contributed by atoms with Crippen LogP contribution in [0.25, 0.3) is 5.78 Å². The lowest BCUT2D eigenvalue weighted by Gasteiger charge is -2.20. The van der Waals surface area contributed by atoms with E-state index in [0.717, 1.165) is 24.4 Å². The molecule has 1 atom stereocenters. The number of hydrogen-bond donors (Lipinski definition) is 1. The third kappa shape index (κ3) is 3.32. The highest BCUT2D eigenvalue weighted by Crippen LogP contribution is 2.30. The number of rotatable bonds is 6. The van der Waals surface area contributed by atoms with E-state index in [4.69, 9.17) is 0 Å². The molecule has 0 aliphatic rings. The van der Waals surface area contributed by atoms with Gasteiger partial charge in [-0.3, -0.25) is 0 Å². The van der Waals surface area contributed by atoms with Gasteiger partial charge in [-0.25, -0.2) is 4.98 Å². The van der Waals surface area contributed by atoms with Crippen LogP contribution in [0.2, 0.25) is 0 Å². The summed E-state index contributed by atoms with van der Waals surface area (Å²) < 4.78 is 1.75. The summed E-state index contributed by atoms with van der Waals surface area (Å²) in [6.45, 7) is 4.18. The van der Waals surface area contributed by atoms with Gasteiger partial charge < -0.3 is 5.32 Å². The average Bonchev–Trinajstić information content (AvgIpc) is 3.32. The first-order valence-electron chi connectivity index (χ1n) is 8.81. The molecule has 4 rings (SSSR count). The Labute approximate surface area is 156 Å². The van der Waals surface area contributed by atoms with Gasteiger partial charge in [0.05, 0.1) is 6.04 Å². The molecule has 4 aromatic rings. The maximum absolute atomic E-state index is 4.42. The van der Waals surface area contributed by atoms with Crippen molar-refractivity contribution in [2.75, 3.05) is 5.32 Å². The Kier molecular flexibility index (Phi) is 4.67. The van der Waals surface area contributed by atoms with Crippen LogP contribution in [0.3, 0.4) is 0 Å². The lowest BCUT2D eigenvalue weighted by molar-refractivity contribution is 0.874. The molecule has 1 aromatic carbocycles. The molecule has 6 heteroatoms. The van der Waals surface area contributed by atoms with Gasteiger partial charge in [-0.15, -0.1) is 11.3 Å². The molecule has 1 N–H and O–H groups in total. The van der Waals surface area contributed by atoms with E-state index in [2.05, 4.69) is 69.1 Å². The van der Waals surface area contributed by atoms with Crippen molar-refractivity contribution < 1.29 is 0 Å². The maximum atomic E-state index is 4.42. The second kappa shape index (κ2) is 7.25. The zero-order chi connectivity index (χ0) is 17.9. The molecule has 3 aromatic heterocycles. The lowest BCUT2D eigenvalue weighted by Crippen LogP contribution is -2.14. The molecular weight excluding hydrogens is 342 g/mol. The van der Waals surface area contributed by atoms with E-state index in [0.29, 0.717) is 5.78 Å². The number of aryl methyl sites for hydroxylation is 2. The van der Waals surface area contributed by atoms with Crippen molar-refractivity contribution in [3.8, 4) is 0 Å². The van der Waals surface area contributed by atoms with Crippen LogP contribution in [0.5, 0.6) is 0 Å². The van der Waals surface area contributed by atoms with Crippen molar-refractivity contribution in [3.63, 3.8) is 0 Å². The number of benzene rings is 1. The Morgan fingerprint density at radius 3 is 2.77 bits per heavy atom. The summed E-state index contributed by atoms with van der Waals surface area (Å²) >= 11 is 1.75. The van der Waals surface area contributed by atoms with E-state index < -0.39 is 0 Å². The monoisotopic (exact) mass is 363 g/mol. The maximum Gasteiger partial charge on any atom is 0.254 e. The highest BCUT2D eigenvalue weighted by Gasteiger charge is 2.17. The van der Waals surface area contributed by atoms with Crippen LogP contribution in [-0.2, 0) is 6.42 Å². The SMILES string of the molecule is CCCc1ccc([C@@H](Nc2cc(C)nc3ncnn23)c2cccs2)cc1. The van der Waals surface area contributed by atoms with Gasteiger partial charge in [0.2, 0.25) is 0 Å². The fourth-order valence-corrected chi connectivity index (χ4v) is 3.92. The van der Waals surface area contributed by atoms with Crippen LogP contribution in [-0.4, -0.2) is 19.6 Å². The van der Waals surface area contributed by atoms with Crippen molar-refractivity contribution >= 4 is 22.9 Å². The van der Waals surface area contributed by atoms with Crippen LogP contribution in [0.1, 0.15) is 41.1 Å².